The molecule has 0 saturated carbocycles. The predicted octanol–water partition coefficient (Wildman–Crippen LogP) is 3.25. The van der Waals surface area contributed by atoms with Gasteiger partial charge in [-0.25, -0.2) is 0 Å². The van der Waals surface area contributed by atoms with Crippen LogP contribution in [0.25, 0.3) is 10.9 Å². The molecule has 0 unspecified atom stereocenters. The Balaban J connectivity index is 2.87. The highest BCUT2D eigenvalue weighted by Gasteiger charge is 2.00. The number of hydrogen-bond donors (Lipinski definition) is 0. The average molecular weight is 224 g/mol. The van der Waals surface area contributed by atoms with Crippen molar-refractivity contribution in [1.29, 1.82) is 0 Å². The molecular formula is C10H10BrN. The SMILES string of the molecule is Cc1cc2c(ccn2C)cc1Br. The van der Waals surface area contributed by atoms with Crippen molar-refractivity contribution >= 4 is 26.8 Å². The summed E-state index contributed by atoms with van der Waals surface area (Å²) in [5.74, 6) is 0. The zero-order valence-corrected chi connectivity index (χ0v) is 8.72. The summed E-state index contributed by atoms with van der Waals surface area (Å²) < 4.78 is 3.32. The molecule has 2 rings (SSSR count). The minimum absolute atomic E-state index is 1.18. The van der Waals surface area contributed by atoms with E-state index in [0.717, 1.165) is 0 Å². The summed E-state index contributed by atoms with van der Waals surface area (Å²) in [5.41, 5.74) is 2.57. The molecule has 2 aromatic rings. The average Bonchev–Trinajstić information content (AvgIpc) is 2.35. The summed E-state index contributed by atoms with van der Waals surface area (Å²) >= 11 is 3.52. The quantitative estimate of drug-likeness (QED) is 0.647. The highest BCUT2D eigenvalue weighted by atomic mass is 79.9. The van der Waals surface area contributed by atoms with Crippen LogP contribution in [0.4, 0.5) is 0 Å². The zero-order valence-electron chi connectivity index (χ0n) is 7.13. The molecule has 1 aromatic heterocycles. The van der Waals surface area contributed by atoms with Crippen molar-refractivity contribution in [2.24, 2.45) is 7.05 Å². The van der Waals surface area contributed by atoms with Crippen LogP contribution in [0.3, 0.4) is 0 Å². The van der Waals surface area contributed by atoms with Crippen molar-refractivity contribution in [3.63, 3.8) is 0 Å². The number of halogens is 1. The Kier molecular flexibility index (Phi) is 1.72. The highest BCUT2D eigenvalue weighted by molar-refractivity contribution is 9.10. The molecular weight excluding hydrogens is 214 g/mol. The van der Waals surface area contributed by atoms with E-state index in [2.05, 4.69) is 58.9 Å². The van der Waals surface area contributed by atoms with E-state index in [1.807, 2.05) is 0 Å². The lowest BCUT2D eigenvalue weighted by Crippen LogP contribution is -1.84. The number of benzene rings is 1. The van der Waals surface area contributed by atoms with Crippen molar-refractivity contribution < 1.29 is 0 Å². The first-order valence-corrected chi connectivity index (χ1v) is 4.69. The molecule has 0 amide bonds. The maximum atomic E-state index is 3.52. The molecule has 0 fully saturated rings. The fraction of sp³-hybridized carbons (Fsp3) is 0.200. The summed E-state index contributed by atoms with van der Waals surface area (Å²) in [6.45, 7) is 2.11. The Morgan fingerprint density at radius 1 is 1.33 bits per heavy atom. The molecule has 12 heavy (non-hydrogen) atoms. The van der Waals surface area contributed by atoms with Gasteiger partial charge in [0, 0.05) is 28.6 Å². The maximum absolute atomic E-state index is 3.52. The Hall–Kier alpha value is -0.760. The van der Waals surface area contributed by atoms with Crippen LogP contribution in [0, 0.1) is 6.92 Å². The summed E-state index contributed by atoms with van der Waals surface area (Å²) in [6, 6.07) is 6.48. The van der Waals surface area contributed by atoms with Crippen LogP contribution in [0.5, 0.6) is 0 Å². The van der Waals surface area contributed by atoms with Crippen molar-refractivity contribution in [1.82, 2.24) is 4.57 Å². The first-order chi connectivity index (χ1) is 5.68. The van der Waals surface area contributed by atoms with Gasteiger partial charge in [0.2, 0.25) is 0 Å². The molecule has 1 aromatic carbocycles. The second-order valence-corrected chi connectivity index (χ2v) is 3.94. The molecule has 0 saturated heterocycles. The molecule has 0 radical (unpaired) electrons. The fourth-order valence-corrected chi connectivity index (χ4v) is 1.75. The van der Waals surface area contributed by atoms with Crippen molar-refractivity contribution in [3.8, 4) is 0 Å². The summed E-state index contributed by atoms with van der Waals surface area (Å²) in [5, 5.41) is 1.29. The van der Waals surface area contributed by atoms with E-state index >= 15 is 0 Å². The van der Waals surface area contributed by atoms with E-state index in [1.165, 1.54) is 20.9 Å². The standard InChI is InChI=1S/C10H10BrN/c1-7-5-10-8(6-9(7)11)3-4-12(10)2/h3-6H,1-2H3. The van der Waals surface area contributed by atoms with E-state index in [9.17, 15) is 0 Å². The van der Waals surface area contributed by atoms with E-state index in [1.54, 1.807) is 0 Å². The van der Waals surface area contributed by atoms with Gasteiger partial charge >= 0.3 is 0 Å². The molecule has 1 heterocycles. The van der Waals surface area contributed by atoms with Gasteiger partial charge in [0.1, 0.15) is 0 Å². The van der Waals surface area contributed by atoms with E-state index < -0.39 is 0 Å². The third kappa shape index (κ3) is 1.07. The van der Waals surface area contributed by atoms with Gasteiger partial charge in [0.15, 0.2) is 0 Å². The Morgan fingerprint density at radius 3 is 2.83 bits per heavy atom. The van der Waals surface area contributed by atoms with Gasteiger partial charge in [-0.3, -0.25) is 0 Å². The van der Waals surface area contributed by atoms with Crippen molar-refractivity contribution in [2.75, 3.05) is 0 Å². The van der Waals surface area contributed by atoms with E-state index in [4.69, 9.17) is 0 Å². The predicted molar refractivity (Wildman–Crippen MR) is 55.4 cm³/mol. The van der Waals surface area contributed by atoms with Gasteiger partial charge < -0.3 is 4.57 Å². The molecule has 0 N–H and O–H groups in total. The Labute approximate surface area is 80.1 Å². The minimum Gasteiger partial charge on any atom is -0.351 e. The second kappa shape index (κ2) is 2.63. The molecule has 0 aliphatic rings. The van der Waals surface area contributed by atoms with Crippen molar-refractivity contribution in [3.05, 3.63) is 34.4 Å². The smallest absolute Gasteiger partial charge is 0.0481 e. The number of nitrogens with zero attached hydrogens (tertiary/aromatic N) is 1. The number of fused-ring (bicyclic) bond motifs is 1. The fourth-order valence-electron chi connectivity index (χ4n) is 1.39. The number of aromatic nitrogens is 1. The monoisotopic (exact) mass is 223 g/mol. The summed E-state index contributed by atoms with van der Waals surface area (Å²) in [4.78, 5) is 0. The third-order valence-electron chi connectivity index (χ3n) is 2.17. The van der Waals surface area contributed by atoms with Gasteiger partial charge in [0.05, 0.1) is 0 Å². The lowest BCUT2D eigenvalue weighted by Gasteiger charge is -2.00. The molecule has 0 aliphatic carbocycles. The lowest BCUT2D eigenvalue weighted by molar-refractivity contribution is 0.968. The molecule has 62 valence electrons. The largest absolute Gasteiger partial charge is 0.351 e. The second-order valence-electron chi connectivity index (χ2n) is 3.09. The number of rotatable bonds is 0. The van der Waals surface area contributed by atoms with Crippen LogP contribution in [0.2, 0.25) is 0 Å². The number of aryl methyl sites for hydroxylation is 2. The molecule has 2 heteroatoms. The Bertz CT molecular complexity index is 429. The van der Waals surface area contributed by atoms with Gasteiger partial charge in [-0.2, -0.15) is 0 Å². The van der Waals surface area contributed by atoms with Crippen LogP contribution in [-0.4, -0.2) is 4.57 Å². The lowest BCUT2D eigenvalue weighted by atomic mass is 10.2. The topological polar surface area (TPSA) is 4.93 Å². The molecule has 0 bridgehead atoms. The molecule has 0 atom stereocenters. The van der Waals surface area contributed by atoms with Crippen LogP contribution < -0.4 is 0 Å². The van der Waals surface area contributed by atoms with Crippen LogP contribution in [0.15, 0.2) is 28.9 Å². The first-order valence-electron chi connectivity index (χ1n) is 3.89. The molecule has 0 spiro atoms. The number of hydrogen-bond acceptors (Lipinski definition) is 0. The molecule has 1 nitrogen and oxygen atoms in total. The van der Waals surface area contributed by atoms with E-state index in [0.29, 0.717) is 0 Å². The van der Waals surface area contributed by atoms with E-state index in [-0.39, 0.29) is 0 Å². The zero-order chi connectivity index (χ0) is 8.72. The normalized spacial score (nSPS) is 10.9. The summed E-state index contributed by atoms with van der Waals surface area (Å²) in [7, 11) is 2.07. The highest BCUT2D eigenvalue weighted by Crippen LogP contribution is 2.23. The van der Waals surface area contributed by atoms with Gasteiger partial charge in [-0.1, -0.05) is 15.9 Å². The van der Waals surface area contributed by atoms with Gasteiger partial charge in [0.25, 0.3) is 0 Å². The first kappa shape index (κ1) is 7.87. The summed E-state index contributed by atoms with van der Waals surface area (Å²) in [6.07, 6.45) is 2.08. The van der Waals surface area contributed by atoms with Gasteiger partial charge in [-0.05, 0) is 30.7 Å². The van der Waals surface area contributed by atoms with Crippen LogP contribution in [-0.2, 0) is 7.05 Å². The maximum Gasteiger partial charge on any atom is 0.0481 e. The van der Waals surface area contributed by atoms with Crippen LogP contribution >= 0.6 is 15.9 Å². The van der Waals surface area contributed by atoms with Crippen LogP contribution in [0.1, 0.15) is 5.56 Å². The third-order valence-corrected chi connectivity index (χ3v) is 3.02. The Morgan fingerprint density at radius 2 is 2.08 bits per heavy atom. The molecule has 0 aliphatic heterocycles. The van der Waals surface area contributed by atoms with Crippen molar-refractivity contribution in [2.45, 2.75) is 6.92 Å². The van der Waals surface area contributed by atoms with Gasteiger partial charge in [-0.15, -0.1) is 0 Å². The minimum atomic E-state index is 1.18.